The normalized spacial score (nSPS) is 12.3. The minimum absolute atomic E-state index is 0.125. The number of halogens is 1. The van der Waals surface area contributed by atoms with Crippen molar-refractivity contribution in [1.29, 1.82) is 0 Å². The molecule has 1 atom stereocenters. The van der Waals surface area contributed by atoms with Gasteiger partial charge in [-0.3, -0.25) is 0 Å². The van der Waals surface area contributed by atoms with Crippen LogP contribution in [-0.4, -0.2) is 20.3 Å². The second-order valence-electron chi connectivity index (χ2n) is 3.44. The van der Waals surface area contributed by atoms with Crippen LogP contribution in [0, 0.1) is 5.82 Å². The van der Waals surface area contributed by atoms with E-state index in [9.17, 15) is 4.39 Å². The minimum atomic E-state index is -0.315. The Bertz CT molecular complexity index is 340. The van der Waals surface area contributed by atoms with E-state index in [2.05, 4.69) is 0 Å². The molecule has 0 saturated carbocycles. The molecule has 1 unspecified atom stereocenters. The van der Waals surface area contributed by atoms with E-state index < -0.39 is 0 Å². The lowest BCUT2D eigenvalue weighted by molar-refractivity contribution is 0.347. The van der Waals surface area contributed by atoms with Gasteiger partial charge in [0.05, 0.1) is 14.2 Å². The first kappa shape index (κ1) is 11.8. The van der Waals surface area contributed by atoms with E-state index in [4.69, 9.17) is 15.2 Å². The lowest BCUT2D eigenvalue weighted by Crippen LogP contribution is -2.19. The van der Waals surface area contributed by atoms with E-state index in [1.54, 1.807) is 6.07 Å². The van der Waals surface area contributed by atoms with Crippen LogP contribution in [0.3, 0.4) is 0 Å². The van der Waals surface area contributed by atoms with Crippen molar-refractivity contribution in [3.05, 3.63) is 23.5 Å². The number of benzene rings is 1. The van der Waals surface area contributed by atoms with E-state index in [0.29, 0.717) is 23.5 Å². The van der Waals surface area contributed by atoms with E-state index in [1.165, 1.54) is 20.3 Å². The molecule has 0 aliphatic heterocycles. The molecule has 0 aromatic heterocycles. The standard InChI is InChI=1S/C11H16FNO2/c1-7(13)6-8-9(12)4-5-10(14-2)11(8)15-3/h4-5,7H,6,13H2,1-3H3. The Morgan fingerprint density at radius 1 is 1.33 bits per heavy atom. The largest absolute Gasteiger partial charge is 0.493 e. The molecular formula is C11H16FNO2. The van der Waals surface area contributed by atoms with Gasteiger partial charge in [0.2, 0.25) is 0 Å². The number of ether oxygens (including phenoxy) is 2. The van der Waals surface area contributed by atoms with E-state index >= 15 is 0 Å². The number of hydrogen-bond acceptors (Lipinski definition) is 3. The molecule has 0 amide bonds. The zero-order valence-electron chi connectivity index (χ0n) is 9.21. The van der Waals surface area contributed by atoms with Gasteiger partial charge in [-0.25, -0.2) is 4.39 Å². The third kappa shape index (κ3) is 2.59. The number of nitrogens with two attached hydrogens (primary N) is 1. The molecule has 0 saturated heterocycles. The molecule has 0 fully saturated rings. The van der Waals surface area contributed by atoms with Crippen LogP contribution < -0.4 is 15.2 Å². The van der Waals surface area contributed by atoms with Crippen molar-refractivity contribution in [2.75, 3.05) is 14.2 Å². The predicted molar refractivity (Wildman–Crippen MR) is 56.9 cm³/mol. The molecule has 1 aromatic rings. The average Bonchev–Trinajstić information content (AvgIpc) is 2.20. The summed E-state index contributed by atoms with van der Waals surface area (Å²) in [6.07, 6.45) is 0.423. The van der Waals surface area contributed by atoms with Crippen molar-refractivity contribution >= 4 is 0 Å². The van der Waals surface area contributed by atoms with Crippen molar-refractivity contribution in [2.45, 2.75) is 19.4 Å². The highest BCUT2D eigenvalue weighted by Crippen LogP contribution is 2.33. The quantitative estimate of drug-likeness (QED) is 0.828. The van der Waals surface area contributed by atoms with Crippen molar-refractivity contribution in [1.82, 2.24) is 0 Å². The molecule has 0 radical (unpaired) electrons. The summed E-state index contributed by atoms with van der Waals surface area (Å²) in [6, 6.07) is 2.78. The van der Waals surface area contributed by atoms with Crippen LogP contribution in [0.4, 0.5) is 4.39 Å². The first-order valence-corrected chi connectivity index (χ1v) is 4.75. The Balaban J connectivity index is 3.19. The fraction of sp³-hybridized carbons (Fsp3) is 0.455. The van der Waals surface area contributed by atoms with Gasteiger partial charge in [0, 0.05) is 11.6 Å². The highest BCUT2D eigenvalue weighted by molar-refractivity contribution is 5.47. The van der Waals surface area contributed by atoms with Crippen LogP contribution >= 0.6 is 0 Å². The fourth-order valence-electron chi connectivity index (χ4n) is 1.48. The monoisotopic (exact) mass is 213 g/mol. The van der Waals surface area contributed by atoms with Crippen LogP contribution in [-0.2, 0) is 6.42 Å². The van der Waals surface area contributed by atoms with Crippen LogP contribution in [0.1, 0.15) is 12.5 Å². The van der Waals surface area contributed by atoms with Crippen molar-refractivity contribution in [3.63, 3.8) is 0 Å². The fourth-order valence-corrected chi connectivity index (χ4v) is 1.48. The van der Waals surface area contributed by atoms with E-state index in [1.807, 2.05) is 6.92 Å². The molecule has 0 aliphatic rings. The summed E-state index contributed by atoms with van der Waals surface area (Å²) in [7, 11) is 3.01. The Morgan fingerprint density at radius 3 is 2.47 bits per heavy atom. The molecule has 0 heterocycles. The number of hydrogen-bond donors (Lipinski definition) is 1. The minimum Gasteiger partial charge on any atom is -0.493 e. The molecule has 1 aromatic carbocycles. The summed E-state index contributed by atoms with van der Waals surface area (Å²) in [5.74, 6) is 0.634. The molecule has 0 spiro atoms. The first-order chi connectivity index (χ1) is 7.10. The average molecular weight is 213 g/mol. The lowest BCUT2D eigenvalue weighted by atomic mass is 10.1. The van der Waals surface area contributed by atoms with Gasteiger partial charge in [0.25, 0.3) is 0 Å². The third-order valence-electron chi connectivity index (χ3n) is 2.12. The van der Waals surface area contributed by atoms with Gasteiger partial charge in [-0.2, -0.15) is 0 Å². The summed E-state index contributed by atoms with van der Waals surface area (Å²) < 4.78 is 23.7. The van der Waals surface area contributed by atoms with E-state index in [-0.39, 0.29) is 11.9 Å². The molecular weight excluding hydrogens is 197 g/mol. The number of rotatable bonds is 4. The molecule has 84 valence electrons. The molecule has 0 bridgehead atoms. The second-order valence-corrected chi connectivity index (χ2v) is 3.44. The molecule has 15 heavy (non-hydrogen) atoms. The zero-order valence-corrected chi connectivity index (χ0v) is 9.21. The van der Waals surface area contributed by atoms with Gasteiger partial charge >= 0.3 is 0 Å². The highest BCUT2D eigenvalue weighted by atomic mass is 19.1. The number of methoxy groups -OCH3 is 2. The van der Waals surface area contributed by atoms with Gasteiger partial charge in [-0.05, 0) is 25.5 Å². The maximum absolute atomic E-state index is 13.5. The predicted octanol–water partition coefficient (Wildman–Crippen LogP) is 1.73. The Morgan fingerprint density at radius 2 is 2.00 bits per heavy atom. The molecule has 3 nitrogen and oxygen atoms in total. The Kier molecular flexibility index (Phi) is 3.91. The second kappa shape index (κ2) is 4.98. The topological polar surface area (TPSA) is 44.5 Å². The summed E-state index contributed by atoms with van der Waals surface area (Å²) in [5.41, 5.74) is 6.11. The van der Waals surface area contributed by atoms with Crippen LogP contribution in [0.25, 0.3) is 0 Å². The van der Waals surface area contributed by atoms with Crippen molar-refractivity contribution in [2.24, 2.45) is 5.73 Å². The Hall–Kier alpha value is -1.29. The molecule has 0 aliphatic carbocycles. The van der Waals surface area contributed by atoms with Gasteiger partial charge in [0.15, 0.2) is 11.5 Å². The van der Waals surface area contributed by atoms with Gasteiger partial charge < -0.3 is 15.2 Å². The Labute approximate surface area is 89.0 Å². The third-order valence-corrected chi connectivity index (χ3v) is 2.12. The van der Waals surface area contributed by atoms with Gasteiger partial charge in [0.1, 0.15) is 5.82 Å². The zero-order chi connectivity index (χ0) is 11.4. The van der Waals surface area contributed by atoms with Crippen molar-refractivity contribution in [3.8, 4) is 11.5 Å². The van der Waals surface area contributed by atoms with Gasteiger partial charge in [-0.1, -0.05) is 0 Å². The molecule has 1 rings (SSSR count). The first-order valence-electron chi connectivity index (χ1n) is 4.75. The summed E-state index contributed by atoms with van der Waals surface area (Å²) in [6.45, 7) is 1.82. The summed E-state index contributed by atoms with van der Waals surface area (Å²) in [5, 5.41) is 0. The smallest absolute Gasteiger partial charge is 0.166 e. The van der Waals surface area contributed by atoms with E-state index in [0.717, 1.165) is 0 Å². The van der Waals surface area contributed by atoms with Crippen LogP contribution in [0.15, 0.2) is 12.1 Å². The van der Waals surface area contributed by atoms with Crippen LogP contribution in [0.2, 0.25) is 0 Å². The van der Waals surface area contributed by atoms with Crippen molar-refractivity contribution < 1.29 is 13.9 Å². The summed E-state index contributed by atoms with van der Waals surface area (Å²) >= 11 is 0. The summed E-state index contributed by atoms with van der Waals surface area (Å²) in [4.78, 5) is 0. The lowest BCUT2D eigenvalue weighted by Gasteiger charge is -2.14. The molecule has 2 N–H and O–H groups in total. The SMILES string of the molecule is COc1ccc(F)c(CC(C)N)c1OC. The highest BCUT2D eigenvalue weighted by Gasteiger charge is 2.15. The maximum atomic E-state index is 13.5. The van der Waals surface area contributed by atoms with Gasteiger partial charge in [-0.15, -0.1) is 0 Å². The maximum Gasteiger partial charge on any atom is 0.166 e. The van der Waals surface area contributed by atoms with Crippen LogP contribution in [0.5, 0.6) is 11.5 Å². The molecule has 4 heteroatoms.